The van der Waals surface area contributed by atoms with Gasteiger partial charge in [-0.15, -0.1) is 0 Å². The number of phenolic OH excluding ortho intramolecular Hbond substituents is 1. The third-order valence-electron chi connectivity index (χ3n) is 1.98. The third-order valence-corrected chi connectivity index (χ3v) is 1.98. The maximum atomic E-state index is 11.1. The summed E-state index contributed by atoms with van der Waals surface area (Å²) >= 11 is 0. The van der Waals surface area contributed by atoms with E-state index < -0.39 is 18.9 Å². The molecule has 0 aliphatic heterocycles. The highest BCUT2D eigenvalue weighted by atomic mass is 16.6. The van der Waals surface area contributed by atoms with Crippen LogP contribution in [-0.2, 0) is 16.0 Å². The van der Waals surface area contributed by atoms with E-state index in [4.69, 9.17) is 15.3 Å². The van der Waals surface area contributed by atoms with Crippen molar-refractivity contribution >= 4 is 5.97 Å². The van der Waals surface area contributed by atoms with Gasteiger partial charge in [-0.25, -0.2) is 0 Å². The lowest BCUT2D eigenvalue weighted by atomic mass is 10.1. The van der Waals surface area contributed by atoms with E-state index in [0.717, 1.165) is 5.56 Å². The second kappa shape index (κ2) is 6.09. The first-order valence-electron chi connectivity index (χ1n) is 4.88. The van der Waals surface area contributed by atoms with E-state index in [0.29, 0.717) is 6.42 Å². The predicted octanol–water partition coefficient (Wildman–Crippen LogP) is 0.179. The maximum Gasteiger partial charge on any atom is 0.308 e. The van der Waals surface area contributed by atoms with Crippen molar-refractivity contribution in [2.45, 2.75) is 19.1 Å². The van der Waals surface area contributed by atoms with Gasteiger partial charge in [0.2, 0.25) is 6.29 Å². The zero-order chi connectivity index (χ0) is 12.0. The van der Waals surface area contributed by atoms with Crippen molar-refractivity contribution in [2.75, 3.05) is 6.61 Å². The molecule has 0 amide bonds. The number of phenols is 1. The van der Waals surface area contributed by atoms with Crippen LogP contribution in [0.5, 0.6) is 5.75 Å². The highest BCUT2D eigenvalue weighted by molar-refractivity contribution is 5.69. The van der Waals surface area contributed by atoms with Crippen LogP contribution in [0.15, 0.2) is 24.3 Å². The highest BCUT2D eigenvalue weighted by Gasteiger charge is 2.09. The average molecular weight is 226 g/mol. The molecule has 0 spiro atoms. The van der Waals surface area contributed by atoms with Crippen LogP contribution < -0.4 is 0 Å². The number of ether oxygens (including phenoxy) is 1. The number of aliphatic hydroxyl groups excluding tert-OH is 2. The number of hydrogen-bond acceptors (Lipinski definition) is 5. The fourth-order valence-corrected chi connectivity index (χ4v) is 1.16. The van der Waals surface area contributed by atoms with Crippen LogP contribution >= 0.6 is 0 Å². The molecular formula is C11H14O5. The van der Waals surface area contributed by atoms with Gasteiger partial charge in [-0.1, -0.05) is 12.1 Å². The number of aromatic hydroxyl groups is 1. The number of hydrogen-bond donors (Lipinski definition) is 3. The Kier molecular flexibility index (Phi) is 4.75. The molecule has 16 heavy (non-hydrogen) atoms. The summed E-state index contributed by atoms with van der Waals surface area (Å²) in [7, 11) is 0. The van der Waals surface area contributed by atoms with Crippen molar-refractivity contribution in [3.05, 3.63) is 29.8 Å². The van der Waals surface area contributed by atoms with E-state index in [9.17, 15) is 4.79 Å². The van der Waals surface area contributed by atoms with Crippen molar-refractivity contribution in [2.24, 2.45) is 0 Å². The summed E-state index contributed by atoms with van der Waals surface area (Å²) in [4.78, 5) is 11.1. The summed E-state index contributed by atoms with van der Waals surface area (Å²) in [6.07, 6.45) is -0.883. The maximum absolute atomic E-state index is 11.1. The number of aliphatic hydroxyl groups is 2. The number of carbonyl (C=O) groups is 1. The van der Waals surface area contributed by atoms with Gasteiger partial charge in [-0.05, 0) is 24.1 Å². The van der Waals surface area contributed by atoms with Gasteiger partial charge in [0.15, 0.2) is 0 Å². The molecule has 1 aromatic rings. The van der Waals surface area contributed by atoms with Crippen molar-refractivity contribution in [3.8, 4) is 5.75 Å². The molecule has 0 saturated heterocycles. The lowest BCUT2D eigenvalue weighted by Gasteiger charge is -2.08. The Hall–Kier alpha value is -1.59. The minimum atomic E-state index is -1.45. The molecule has 0 radical (unpaired) electrons. The molecule has 1 rings (SSSR count). The zero-order valence-corrected chi connectivity index (χ0v) is 8.67. The molecule has 88 valence electrons. The number of carbonyl (C=O) groups excluding carboxylic acids is 1. The van der Waals surface area contributed by atoms with E-state index in [1.54, 1.807) is 12.1 Å². The van der Waals surface area contributed by atoms with Crippen molar-refractivity contribution in [1.82, 2.24) is 0 Å². The van der Waals surface area contributed by atoms with Crippen LogP contribution in [0.25, 0.3) is 0 Å². The molecule has 5 nitrogen and oxygen atoms in total. The minimum Gasteiger partial charge on any atom is -0.508 e. The predicted molar refractivity (Wildman–Crippen MR) is 55.6 cm³/mol. The third kappa shape index (κ3) is 4.29. The Bertz CT molecular complexity index is 333. The summed E-state index contributed by atoms with van der Waals surface area (Å²) < 4.78 is 4.46. The number of rotatable bonds is 5. The Morgan fingerprint density at radius 2 is 1.94 bits per heavy atom. The van der Waals surface area contributed by atoms with Crippen LogP contribution in [-0.4, -0.2) is 34.2 Å². The molecule has 0 heterocycles. The quantitative estimate of drug-likeness (QED) is 0.492. The lowest BCUT2D eigenvalue weighted by Crippen LogP contribution is -2.21. The molecule has 0 bridgehead atoms. The van der Waals surface area contributed by atoms with Crippen molar-refractivity contribution in [3.63, 3.8) is 0 Å². The second-order valence-corrected chi connectivity index (χ2v) is 3.29. The first-order valence-corrected chi connectivity index (χ1v) is 4.88. The van der Waals surface area contributed by atoms with Crippen LogP contribution in [0.2, 0.25) is 0 Å². The zero-order valence-electron chi connectivity index (χ0n) is 8.67. The van der Waals surface area contributed by atoms with E-state index in [1.807, 2.05) is 0 Å². The topological polar surface area (TPSA) is 87.0 Å². The van der Waals surface area contributed by atoms with Crippen LogP contribution in [0, 0.1) is 0 Å². The van der Waals surface area contributed by atoms with Crippen molar-refractivity contribution < 1.29 is 24.9 Å². The first kappa shape index (κ1) is 12.5. The summed E-state index contributed by atoms with van der Waals surface area (Å²) in [5.41, 5.74) is 0.883. The van der Waals surface area contributed by atoms with E-state index in [-0.39, 0.29) is 12.2 Å². The van der Waals surface area contributed by atoms with Gasteiger partial charge in [0.05, 0.1) is 0 Å². The highest BCUT2D eigenvalue weighted by Crippen LogP contribution is 2.11. The molecule has 0 saturated carbocycles. The Morgan fingerprint density at radius 1 is 1.31 bits per heavy atom. The number of aryl methyl sites for hydroxylation is 1. The molecule has 1 aromatic carbocycles. The Labute approximate surface area is 92.9 Å². The summed E-state index contributed by atoms with van der Waals surface area (Å²) in [6.45, 7) is -0.606. The molecule has 0 aliphatic rings. The summed E-state index contributed by atoms with van der Waals surface area (Å²) in [6, 6.07) is 6.46. The largest absolute Gasteiger partial charge is 0.508 e. The van der Waals surface area contributed by atoms with Gasteiger partial charge in [-0.2, -0.15) is 0 Å². The molecule has 1 atom stereocenters. The molecule has 3 N–H and O–H groups in total. The summed E-state index contributed by atoms with van der Waals surface area (Å²) in [5, 5.41) is 26.3. The lowest BCUT2D eigenvalue weighted by molar-refractivity contribution is -0.173. The molecule has 0 aliphatic carbocycles. The van der Waals surface area contributed by atoms with Crippen molar-refractivity contribution in [1.29, 1.82) is 0 Å². The second-order valence-electron chi connectivity index (χ2n) is 3.29. The van der Waals surface area contributed by atoms with Gasteiger partial charge in [0.25, 0.3) is 0 Å². The van der Waals surface area contributed by atoms with Crippen LogP contribution in [0.4, 0.5) is 0 Å². The van der Waals surface area contributed by atoms with Gasteiger partial charge in [0.1, 0.15) is 12.4 Å². The molecule has 5 heteroatoms. The van der Waals surface area contributed by atoms with Crippen LogP contribution in [0.3, 0.4) is 0 Å². The van der Waals surface area contributed by atoms with E-state index in [1.165, 1.54) is 12.1 Å². The van der Waals surface area contributed by atoms with Gasteiger partial charge in [-0.3, -0.25) is 4.79 Å². The fourth-order valence-electron chi connectivity index (χ4n) is 1.16. The summed E-state index contributed by atoms with van der Waals surface area (Å²) in [5.74, 6) is -0.406. The Morgan fingerprint density at radius 3 is 2.50 bits per heavy atom. The fraction of sp³-hybridized carbons (Fsp3) is 0.364. The molecule has 0 fully saturated rings. The average Bonchev–Trinajstić information content (AvgIpc) is 2.28. The number of esters is 1. The molecular weight excluding hydrogens is 212 g/mol. The SMILES string of the molecule is O=C(CCc1ccc(O)cc1)O[C@@H](O)CO. The van der Waals surface area contributed by atoms with Gasteiger partial charge >= 0.3 is 5.97 Å². The monoisotopic (exact) mass is 226 g/mol. The van der Waals surface area contributed by atoms with Crippen LogP contribution in [0.1, 0.15) is 12.0 Å². The number of benzene rings is 1. The van der Waals surface area contributed by atoms with Gasteiger partial charge in [0, 0.05) is 6.42 Å². The van der Waals surface area contributed by atoms with E-state index >= 15 is 0 Å². The standard InChI is InChI=1S/C11H14O5/c12-7-11(15)16-10(14)6-3-8-1-4-9(13)5-2-8/h1-2,4-5,11-13,15H,3,6-7H2/t11-/m1/s1. The first-order chi connectivity index (χ1) is 7.61. The molecule has 0 aromatic heterocycles. The van der Waals surface area contributed by atoms with Gasteiger partial charge < -0.3 is 20.1 Å². The molecule has 0 unspecified atom stereocenters. The Balaban J connectivity index is 2.34. The normalized spacial score (nSPS) is 12.1. The van der Waals surface area contributed by atoms with E-state index in [2.05, 4.69) is 4.74 Å². The minimum absolute atomic E-state index is 0.113. The smallest absolute Gasteiger partial charge is 0.308 e.